The Morgan fingerprint density at radius 1 is 1.23 bits per heavy atom. The number of sulfonamides is 1. The predicted octanol–water partition coefficient (Wildman–Crippen LogP) is 2.17. The molecule has 9 heteroatoms. The van der Waals surface area contributed by atoms with Gasteiger partial charge in [-0.3, -0.25) is 9.39 Å². The summed E-state index contributed by atoms with van der Waals surface area (Å²) in [4.78, 5) is 8.54. The van der Waals surface area contributed by atoms with E-state index in [9.17, 15) is 8.42 Å². The van der Waals surface area contributed by atoms with E-state index in [1.165, 1.54) is 16.8 Å². The first kappa shape index (κ1) is 15.1. The summed E-state index contributed by atoms with van der Waals surface area (Å²) in [6, 6.07) is 6.66. The van der Waals surface area contributed by atoms with Gasteiger partial charge in [-0.15, -0.1) is 0 Å². The molecule has 0 fully saturated rings. The largest absolute Gasteiger partial charge is 0.472 e. The Labute approximate surface area is 148 Å². The number of pyridine rings is 1. The van der Waals surface area contributed by atoms with Crippen LogP contribution in [-0.4, -0.2) is 40.2 Å². The molecule has 0 saturated carbocycles. The van der Waals surface area contributed by atoms with Crippen molar-refractivity contribution in [2.45, 2.75) is 17.5 Å². The lowest BCUT2D eigenvalue weighted by Crippen LogP contribution is -2.38. The number of rotatable bonds is 3. The first-order valence-corrected chi connectivity index (χ1v) is 9.38. The van der Waals surface area contributed by atoms with Crippen LogP contribution in [0, 0.1) is 0 Å². The van der Waals surface area contributed by atoms with Crippen molar-refractivity contribution < 1.29 is 12.8 Å². The molecule has 0 radical (unpaired) electrons. The molecule has 3 aromatic rings. The lowest BCUT2D eigenvalue weighted by molar-refractivity contribution is 0.407. The maximum absolute atomic E-state index is 13.2. The highest BCUT2D eigenvalue weighted by Gasteiger charge is 2.40. The molecule has 0 N–H and O–H groups in total. The summed E-state index contributed by atoms with van der Waals surface area (Å²) < 4.78 is 34.2. The van der Waals surface area contributed by atoms with E-state index in [1.54, 1.807) is 43.1 Å². The van der Waals surface area contributed by atoms with Crippen LogP contribution in [0.25, 0.3) is 11.2 Å². The maximum Gasteiger partial charge on any atom is 0.297 e. The van der Waals surface area contributed by atoms with Gasteiger partial charge in [0, 0.05) is 24.4 Å². The van der Waals surface area contributed by atoms with Gasteiger partial charge in [-0.2, -0.15) is 17.9 Å². The fourth-order valence-corrected chi connectivity index (χ4v) is 4.65. The van der Waals surface area contributed by atoms with Crippen LogP contribution in [0.1, 0.15) is 12.0 Å². The van der Waals surface area contributed by atoms with Crippen LogP contribution in [0.2, 0.25) is 0 Å². The Kier molecular flexibility index (Phi) is 3.13. The van der Waals surface area contributed by atoms with Gasteiger partial charge in [0.25, 0.3) is 10.0 Å². The third kappa shape index (κ3) is 2.14. The van der Waals surface area contributed by atoms with E-state index < -0.39 is 16.1 Å². The molecule has 2 aliphatic heterocycles. The molecule has 0 bridgehead atoms. The number of hydrogen-bond donors (Lipinski definition) is 0. The van der Waals surface area contributed by atoms with E-state index in [0.717, 1.165) is 15.6 Å². The smallest absolute Gasteiger partial charge is 0.297 e. The summed E-state index contributed by atoms with van der Waals surface area (Å²) in [7, 11) is -3.88. The fourth-order valence-electron chi connectivity index (χ4n) is 3.18. The summed E-state index contributed by atoms with van der Waals surface area (Å²) in [6.07, 6.45) is 9.90. The zero-order valence-electron chi connectivity index (χ0n) is 13.4. The minimum absolute atomic E-state index is 0.0749. The SMILES string of the molecule is O=S(=O)(c1cnc2ccccn12)N1N=CC2=NC=C(c3ccoc3)CC21. The van der Waals surface area contributed by atoms with Crippen LogP contribution in [0.15, 0.2) is 74.9 Å². The number of hydrogen-bond acceptors (Lipinski definition) is 6. The van der Waals surface area contributed by atoms with E-state index in [0.29, 0.717) is 17.8 Å². The zero-order chi connectivity index (χ0) is 17.7. The molecule has 0 aromatic carbocycles. The van der Waals surface area contributed by atoms with Gasteiger partial charge < -0.3 is 4.42 Å². The van der Waals surface area contributed by atoms with Crippen molar-refractivity contribution >= 4 is 33.2 Å². The van der Waals surface area contributed by atoms with Crippen LogP contribution < -0.4 is 0 Å². The molecule has 0 saturated heterocycles. The van der Waals surface area contributed by atoms with Gasteiger partial charge in [0.05, 0.1) is 30.6 Å². The van der Waals surface area contributed by atoms with Crippen LogP contribution >= 0.6 is 0 Å². The molecule has 0 spiro atoms. The number of nitrogens with zero attached hydrogens (tertiary/aromatic N) is 5. The first-order valence-electron chi connectivity index (χ1n) is 7.94. The molecule has 130 valence electrons. The summed E-state index contributed by atoms with van der Waals surface area (Å²) >= 11 is 0. The number of aromatic nitrogens is 2. The summed E-state index contributed by atoms with van der Waals surface area (Å²) in [5.74, 6) is 0. The van der Waals surface area contributed by atoms with Crippen molar-refractivity contribution in [3.63, 3.8) is 0 Å². The Bertz CT molecular complexity index is 1190. The van der Waals surface area contributed by atoms with Crippen LogP contribution in [0.4, 0.5) is 0 Å². The molecular weight excluding hydrogens is 354 g/mol. The Hall–Kier alpha value is -3.20. The topological polar surface area (TPSA) is 92.5 Å². The molecule has 8 nitrogen and oxygen atoms in total. The lowest BCUT2D eigenvalue weighted by Gasteiger charge is -2.25. The van der Waals surface area contributed by atoms with Crippen molar-refractivity contribution in [1.82, 2.24) is 13.8 Å². The zero-order valence-corrected chi connectivity index (χ0v) is 14.2. The highest BCUT2D eigenvalue weighted by molar-refractivity contribution is 7.89. The molecule has 5 heterocycles. The minimum atomic E-state index is -3.88. The summed E-state index contributed by atoms with van der Waals surface area (Å²) in [6.45, 7) is 0. The van der Waals surface area contributed by atoms with Crippen molar-refractivity contribution in [1.29, 1.82) is 0 Å². The average Bonchev–Trinajstić information content (AvgIpc) is 3.39. The van der Waals surface area contributed by atoms with Crippen molar-refractivity contribution in [3.05, 3.63) is 60.9 Å². The molecule has 26 heavy (non-hydrogen) atoms. The second-order valence-corrected chi connectivity index (χ2v) is 7.73. The molecule has 5 rings (SSSR count). The van der Waals surface area contributed by atoms with Crippen LogP contribution in [0.3, 0.4) is 0 Å². The highest BCUT2D eigenvalue weighted by atomic mass is 32.2. The predicted molar refractivity (Wildman–Crippen MR) is 95.2 cm³/mol. The fraction of sp³-hybridized carbons (Fsp3) is 0.118. The van der Waals surface area contributed by atoms with Gasteiger partial charge in [0.2, 0.25) is 0 Å². The van der Waals surface area contributed by atoms with Crippen molar-refractivity contribution in [3.8, 4) is 0 Å². The van der Waals surface area contributed by atoms with Crippen LogP contribution in [-0.2, 0) is 10.0 Å². The molecule has 2 aliphatic rings. The number of furan rings is 1. The minimum Gasteiger partial charge on any atom is -0.472 e. The van der Waals surface area contributed by atoms with E-state index in [-0.39, 0.29) is 5.03 Å². The number of imidazole rings is 1. The standard InChI is InChI=1S/C17H13N5O3S/c23-26(24,17-10-19-16-3-1-2-5-21(16)17)22-15-7-13(12-4-6-25-11-12)8-18-14(15)9-20-22/h1-6,8-11,15H,7H2. The van der Waals surface area contributed by atoms with Gasteiger partial charge in [-0.05, 0) is 23.8 Å². The van der Waals surface area contributed by atoms with E-state index in [4.69, 9.17) is 4.42 Å². The average molecular weight is 367 g/mol. The number of aliphatic imine (C=N–C) groups is 1. The van der Waals surface area contributed by atoms with Gasteiger partial charge in [0.1, 0.15) is 11.7 Å². The van der Waals surface area contributed by atoms with Crippen LogP contribution in [0.5, 0.6) is 0 Å². The third-order valence-electron chi connectivity index (χ3n) is 4.48. The lowest BCUT2D eigenvalue weighted by atomic mass is 9.98. The van der Waals surface area contributed by atoms with Crippen molar-refractivity contribution in [2.75, 3.05) is 0 Å². The normalized spacial score (nSPS) is 19.5. The van der Waals surface area contributed by atoms with Gasteiger partial charge in [-0.25, -0.2) is 4.98 Å². The monoisotopic (exact) mass is 367 g/mol. The van der Waals surface area contributed by atoms with E-state index >= 15 is 0 Å². The maximum atomic E-state index is 13.2. The van der Waals surface area contributed by atoms with Crippen molar-refractivity contribution in [2.24, 2.45) is 10.1 Å². The third-order valence-corrected chi connectivity index (χ3v) is 6.15. The number of fused-ring (bicyclic) bond motifs is 2. The number of hydrazone groups is 1. The van der Waals surface area contributed by atoms with E-state index in [2.05, 4.69) is 15.1 Å². The van der Waals surface area contributed by atoms with Gasteiger partial charge in [0.15, 0.2) is 5.03 Å². The highest BCUT2D eigenvalue weighted by Crippen LogP contribution is 2.32. The Morgan fingerprint density at radius 2 is 2.15 bits per heavy atom. The second-order valence-electron chi connectivity index (χ2n) is 5.99. The molecule has 1 unspecified atom stereocenters. The Morgan fingerprint density at radius 3 is 3.00 bits per heavy atom. The molecule has 0 aliphatic carbocycles. The van der Waals surface area contributed by atoms with Gasteiger partial charge >= 0.3 is 0 Å². The summed E-state index contributed by atoms with van der Waals surface area (Å²) in [5.41, 5.74) is 2.96. The van der Waals surface area contributed by atoms with Gasteiger partial charge in [-0.1, -0.05) is 6.07 Å². The molecule has 3 aromatic heterocycles. The molecule has 1 atom stereocenters. The summed E-state index contributed by atoms with van der Waals surface area (Å²) in [5, 5.41) is 4.20. The molecular formula is C17H13N5O3S. The first-order chi connectivity index (χ1) is 12.6. The van der Waals surface area contributed by atoms with E-state index in [1.807, 2.05) is 6.07 Å². The quantitative estimate of drug-likeness (QED) is 0.709. The molecule has 0 amide bonds. The second kappa shape index (κ2) is 5.40. The Balaban J connectivity index is 1.54.